The van der Waals surface area contributed by atoms with Gasteiger partial charge in [-0.2, -0.15) is 0 Å². The third-order valence-electron chi connectivity index (χ3n) is 4.49. The van der Waals surface area contributed by atoms with Gasteiger partial charge in [0, 0.05) is 16.8 Å². The number of amides is 1. The summed E-state index contributed by atoms with van der Waals surface area (Å²) in [5, 5.41) is 3.73. The Kier molecular flexibility index (Phi) is 4.89. The summed E-state index contributed by atoms with van der Waals surface area (Å²) in [5.41, 5.74) is 2.15. The number of carbonyl (C=O) groups excluding carboxylic acids is 1. The predicted octanol–water partition coefficient (Wildman–Crippen LogP) is 3.93. The number of nitrogens with one attached hydrogen (secondary N) is 1. The first-order valence-electron chi connectivity index (χ1n) is 8.13. The van der Waals surface area contributed by atoms with Crippen molar-refractivity contribution in [3.8, 4) is 0 Å². The summed E-state index contributed by atoms with van der Waals surface area (Å²) < 4.78 is 23.5. The molecule has 6 heteroatoms. The second kappa shape index (κ2) is 6.81. The molecule has 0 saturated heterocycles. The Labute approximate surface area is 153 Å². The van der Waals surface area contributed by atoms with Crippen LogP contribution >= 0.6 is 11.6 Å². The Morgan fingerprint density at radius 2 is 1.80 bits per heavy atom. The lowest BCUT2D eigenvalue weighted by Gasteiger charge is -2.20. The molecule has 1 amide bonds. The fourth-order valence-electron chi connectivity index (χ4n) is 2.87. The van der Waals surface area contributed by atoms with E-state index in [2.05, 4.69) is 5.32 Å². The smallest absolute Gasteiger partial charge is 0.252 e. The maximum Gasteiger partial charge on any atom is 0.252 e. The van der Waals surface area contributed by atoms with Gasteiger partial charge < -0.3 is 5.32 Å². The molecule has 0 bridgehead atoms. The second-order valence-corrected chi connectivity index (χ2v) is 9.04. The highest BCUT2D eigenvalue weighted by Gasteiger charge is 2.33. The number of aryl methyl sites for hydroxylation is 1. The molecule has 1 aliphatic carbocycles. The van der Waals surface area contributed by atoms with Crippen molar-refractivity contribution in [1.82, 2.24) is 5.32 Å². The minimum Gasteiger partial charge on any atom is -0.345 e. The first-order chi connectivity index (χ1) is 11.8. The second-order valence-electron chi connectivity index (χ2n) is 6.59. The number of hydrogen-bond donors (Lipinski definition) is 1. The van der Waals surface area contributed by atoms with Crippen molar-refractivity contribution >= 4 is 27.3 Å². The molecular weight excluding hydrogens is 358 g/mol. The number of halogens is 1. The number of hydrogen-bond acceptors (Lipinski definition) is 3. The van der Waals surface area contributed by atoms with Gasteiger partial charge in [0.2, 0.25) is 0 Å². The molecule has 4 nitrogen and oxygen atoms in total. The van der Waals surface area contributed by atoms with E-state index in [1.807, 2.05) is 24.3 Å². The standard InChI is InChI=1S/C19H20ClNO3S/c1-12-3-10-16(25(2,23)24)11-17(12)19(22)21-18(13-4-5-13)14-6-8-15(20)9-7-14/h3,6-11,13,18H,4-5H2,1-2H3,(H,21,22). The fraction of sp³-hybridized carbons (Fsp3) is 0.316. The van der Waals surface area contributed by atoms with Crippen molar-refractivity contribution in [3.63, 3.8) is 0 Å². The molecule has 0 aliphatic heterocycles. The number of carbonyl (C=O) groups is 1. The molecule has 1 fully saturated rings. The topological polar surface area (TPSA) is 63.2 Å². The van der Waals surface area contributed by atoms with Crippen LogP contribution in [0.5, 0.6) is 0 Å². The minimum atomic E-state index is -3.36. The van der Waals surface area contributed by atoms with E-state index < -0.39 is 9.84 Å². The van der Waals surface area contributed by atoms with E-state index in [0.717, 1.165) is 30.2 Å². The van der Waals surface area contributed by atoms with Gasteiger partial charge in [-0.3, -0.25) is 4.79 Å². The van der Waals surface area contributed by atoms with Crippen molar-refractivity contribution in [2.24, 2.45) is 5.92 Å². The molecule has 0 radical (unpaired) electrons. The predicted molar refractivity (Wildman–Crippen MR) is 98.7 cm³/mol. The lowest BCUT2D eigenvalue weighted by Crippen LogP contribution is -2.30. The van der Waals surface area contributed by atoms with E-state index in [0.29, 0.717) is 16.5 Å². The monoisotopic (exact) mass is 377 g/mol. The summed E-state index contributed by atoms with van der Waals surface area (Å²) in [5.74, 6) is 0.151. The summed E-state index contributed by atoms with van der Waals surface area (Å²) in [6.07, 6.45) is 3.27. The van der Waals surface area contributed by atoms with Crippen molar-refractivity contribution in [2.75, 3.05) is 6.26 Å². The van der Waals surface area contributed by atoms with E-state index in [-0.39, 0.29) is 16.8 Å². The molecular formula is C19H20ClNO3S. The van der Waals surface area contributed by atoms with Crippen LogP contribution in [0.15, 0.2) is 47.4 Å². The summed E-state index contributed by atoms with van der Waals surface area (Å²) in [6, 6.07) is 12.0. The highest BCUT2D eigenvalue weighted by molar-refractivity contribution is 7.90. The quantitative estimate of drug-likeness (QED) is 0.858. The normalized spacial score (nSPS) is 15.6. The van der Waals surface area contributed by atoms with Crippen LogP contribution in [0.4, 0.5) is 0 Å². The Morgan fingerprint density at radius 3 is 2.36 bits per heavy atom. The Balaban J connectivity index is 1.88. The maximum atomic E-state index is 12.8. The van der Waals surface area contributed by atoms with Gasteiger partial charge in [-0.15, -0.1) is 0 Å². The Bertz CT molecular complexity index is 903. The molecule has 2 aromatic rings. The van der Waals surface area contributed by atoms with E-state index in [4.69, 9.17) is 11.6 Å². The molecule has 25 heavy (non-hydrogen) atoms. The first kappa shape index (κ1) is 18.0. The minimum absolute atomic E-state index is 0.0916. The van der Waals surface area contributed by atoms with Crippen molar-refractivity contribution in [2.45, 2.75) is 30.7 Å². The van der Waals surface area contributed by atoms with Crippen LogP contribution in [0, 0.1) is 12.8 Å². The van der Waals surface area contributed by atoms with E-state index in [1.54, 1.807) is 13.0 Å². The van der Waals surface area contributed by atoms with Crippen LogP contribution in [0.2, 0.25) is 5.02 Å². The molecule has 0 spiro atoms. The molecule has 3 rings (SSSR count). The van der Waals surface area contributed by atoms with Crippen LogP contribution in [-0.4, -0.2) is 20.6 Å². The van der Waals surface area contributed by atoms with Gasteiger partial charge in [0.1, 0.15) is 0 Å². The van der Waals surface area contributed by atoms with E-state index in [9.17, 15) is 13.2 Å². The Morgan fingerprint density at radius 1 is 1.16 bits per heavy atom. The van der Waals surface area contributed by atoms with E-state index in [1.165, 1.54) is 12.1 Å². The van der Waals surface area contributed by atoms with Crippen molar-refractivity contribution < 1.29 is 13.2 Å². The van der Waals surface area contributed by atoms with Crippen molar-refractivity contribution in [1.29, 1.82) is 0 Å². The summed E-state index contributed by atoms with van der Waals surface area (Å²) in [6.45, 7) is 1.80. The van der Waals surface area contributed by atoms with Gasteiger partial charge in [0.05, 0.1) is 10.9 Å². The summed E-state index contributed by atoms with van der Waals surface area (Å²) in [7, 11) is -3.36. The third-order valence-corrected chi connectivity index (χ3v) is 5.85. The van der Waals surface area contributed by atoms with Gasteiger partial charge in [0.15, 0.2) is 9.84 Å². The molecule has 1 unspecified atom stereocenters. The maximum absolute atomic E-state index is 12.8. The van der Waals surface area contributed by atoms with Gasteiger partial charge >= 0.3 is 0 Å². The lowest BCUT2D eigenvalue weighted by molar-refractivity contribution is 0.0931. The Hall–Kier alpha value is -1.85. The average molecular weight is 378 g/mol. The first-order valence-corrected chi connectivity index (χ1v) is 10.4. The SMILES string of the molecule is Cc1ccc(S(C)(=O)=O)cc1C(=O)NC(c1ccc(Cl)cc1)C1CC1. The van der Waals surface area contributed by atoms with Crippen LogP contribution in [0.1, 0.15) is 40.4 Å². The van der Waals surface area contributed by atoms with Crippen LogP contribution < -0.4 is 5.32 Å². The van der Waals surface area contributed by atoms with E-state index >= 15 is 0 Å². The molecule has 0 aromatic heterocycles. The molecule has 2 aromatic carbocycles. The average Bonchev–Trinajstić information content (AvgIpc) is 3.37. The number of rotatable bonds is 5. The zero-order valence-electron chi connectivity index (χ0n) is 14.1. The summed E-state index contributed by atoms with van der Waals surface area (Å²) >= 11 is 5.95. The fourth-order valence-corrected chi connectivity index (χ4v) is 3.64. The van der Waals surface area contributed by atoms with Gasteiger partial charge in [-0.25, -0.2) is 8.42 Å². The number of sulfone groups is 1. The van der Waals surface area contributed by atoms with Crippen LogP contribution in [0.25, 0.3) is 0 Å². The molecule has 132 valence electrons. The van der Waals surface area contributed by atoms with Crippen LogP contribution in [-0.2, 0) is 9.84 Å². The molecule has 1 atom stereocenters. The largest absolute Gasteiger partial charge is 0.345 e. The van der Waals surface area contributed by atoms with Crippen LogP contribution in [0.3, 0.4) is 0 Å². The molecule has 1 aliphatic rings. The number of benzene rings is 2. The highest BCUT2D eigenvalue weighted by atomic mass is 35.5. The van der Waals surface area contributed by atoms with Gasteiger partial charge in [-0.05, 0) is 61.1 Å². The zero-order valence-corrected chi connectivity index (χ0v) is 15.7. The van der Waals surface area contributed by atoms with Gasteiger partial charge in [-0.1, -0.05) is 29.8 Å². The molecule has 0 heterocycles. The third kappa shape index (κ3) is 4.22. The zero-order chi connectivity index (χ0) is 18.2. The molecule has 1 N–H and O–H groups in total. The van der Waals surface area contributed by atoms with Crippen molar-refractivity contribution in [3.05, 3.63) is 64.2 Å². The lowest BCUT2D eigenvalue weighted by atomic mass is 10.0. The molecule has 1 saturated carbocycles. The highest BCUT2D eigenvalue weighted by Crippen LogP contribution is 2.41. The van der Waals surface area contributed by atoms with Gasteiger partial charge in [0.25, 0.3) is 5.91 Å². The summed E-state index contributed by atoms with van der Waals surface area (Å²) in [4.78, 5) is 12.9.